The summed E-state index contributed by atoms with van der Waals surface area (Å²) < 4.78 is 16.0. The van der Waals surface area contributed by atoms with Crippen LogP contribution in [0.3, 0.4) is 0 Å². The summed E-state index contributed by atoms with van der Waals surface area (Å²) in [5, 5.41) is 3.72. The summed E-state index contributed by atoms with van der Waals surface area (Å²) in [6.07, 6.45) is -0.216. The molecule has 0 aliphatic heterocycles. The number of rotatable bonds is 7. The molecule has 6 nitrogen and oxygen atoms in total. The van der Waals surface area contributed by atoms with Crippen LogP contribution in [0.1, 0.15) is 42.4 Å². The Bertz CT molecular complexity index is 925. The van der Waals surface area contributed by atoms with E-state index in [2.05, 4.69) is 5.32 Å². The fourth-order valence-corrected chi connectivity index (χ4v) is 2.89. The second-order valence-corrected chi connectivity index (χ2v) is 6.69. The zero-order valence-electron chi connectivity index (χ0n) is 16.1. The third kappa shape index (κ3) is 4.71. The Balaban J connectivity index is 1.82. The molecule has 0 radical (unpaired) electrons. The van der Waals surface area contributed by atoms with E-state index in [9.17, 15) is 9.59 Å². The fourth-order valence-electron chi connectivity index (χ4n) is 2.89. The molecule has 3 aromatic rings. The van der Waals surface area contributed by atoms with E-state index >= 15 is 0 Å². The molecule has 1 amide bonds. The number of carbonyl (C=O) groups is 2. The minimum Gasteiger partial charge on any atom is -0.497 e. The maximum absolute atomic E-state index is 12.7. The van der Waals surface area contributed by atoms with Crippen LogP contribution in [0.25, 0.3) is 11.0 Å². The molecule has 2 aromatic carbocycles. The van der Waals surface area contributed by atoms with Gasteiger partial charge >= 0.3 is 5.97 Å². The first-order valence-corrected chi connectivity index (χ1v) is 9.09. The number of hydrogen-bond donors (Lipinski definition) is 1. The molecule has 1 unspecified atom stereocenters. The van der Waals surface area contributed by atoms with E-state index < -0.39 is 11.9 Å². The number of hydrogen-bond acceptors (Lipinski definition) is 5. The molecule has 0 aliphatic carbocycles. The van der Waals surface area contributed by atoms with Crippen molar-refractivity contribution in [3.63, 3.8) is 0 Å². The van der Waals surface area contributed by atoms with E-state index in [0.29, 0.717) is 11.3 Å². The molecule has 146 valence electrons. The standard InChI is InChI=1S/C22H23NO5/c1-14(2)27-21(24)13-18(15-8-10-17(26-3)11-9-15)23-22(25)20-12-16-6-4-5-7-19(16)28-20/h4-12,14,18H,13H2,1-3H3,(H,23,25). The molecular formula is C22H23NO5. The van der Waals surface area contributed by atoms with Crippen LogP contribution in [0.15, 0.2) is 59.0 Å². The Labute approximate surface area is 163 Å². The lowest BCUT2D eigenvalue weighted by Crippen LogP contribution is -2.30. The Morgan fingerprint density at radius 2 is 1.79 bits per heavy atom. The number of fused-ring (bicyclic) bond motifs is 1. The molecule has 0 fully saturated rings. The summed E-state index contributed by atoms with van der Waals surface area (Å²) in [5.74, 6) is 0.0999. The van der Waals surface area contributed by atoms with Gasteiger partial charge in [0, 0.05) is 5.39 Å². The lowest BCUT2D eigenvalue weighted by atomic mass is 10.0. The number of benzene rings is 2. The summed E-state index contributed by atoms with van der Waals surface area (Å²) in [5.41, 5.74) is 1.40. The maximum atomic E-state index is 12.7. The molecular weight excluding hydrogens is 358 g/mol. The maximum Gasteiger partial charge on any atom is 0.308 e. The second-order valence-electron chi connectivity index (χ2n) is 6.69. The van der Waals surface area contributed by atoms with E-state index in [-0.39, 0.29) is 24.3 Å². The van der Waals surface area contributed by atoms with Gasteiger partial charge in [0.1, 0.15) is 11.3 Å². The van der Waals surface area contributed by atoms with Crippen LogP contribution in [0.2, 0.25) is 0 Å². The molecule has 0 spiro atoms. The number of esters is 1. The molecule has 0 saturated heterocycles. The summed E-state index contributed by atoms with van der Waals surface area (Å²) in [7, 11) is 1.58. The SMILES string of the molecule is COc1ccc(C(CC(=O)OC(C)C)NC(=O)c2cc3ccccc3o2)cc1. The number of carbonyl (C=O) groups excluding carboxylic acids is 2. The summed E-state index contributed by atoms with van der Waals surface area (Å²) >= 11 is 0. The van der Waals surface area contributed by atoms with Crippen LogP contribution in [-0.4, -0.2) is 25.1 Å². The largest absolute Gasteiger partial charge is 0.497 e. The van der Waals surface area contributed by atoms with Gasteiger partial charge in [0.15, 0.2) is 5.76 Å². The van der Waals surface area contributed by atoms with Crippen molar-refractivity contribution in [1.29, 1.82) is 0 Å². The Morgan fingerprint density at radius 1 is 1.07 bits per heavy atom. The topological polar surface area (TPSA) is 77.8 Å². The smallest absolute Gasteiger partial charge is 0.308 e. The monoisotopic (exact) mass is 381 g/mol. The number of nitrogens with one attached hydrogen (secondary N) is 1. The average Bonchev–Trinajstić information content (AvgIpc) is 3.11. The van der Waals surface area contributed by atoms with Gasteiger partial charge in [0.05, 0.1) is 25.7 Å². The molecule has 1 N–H and O–H groups in total. The minimum atomic E-state index is -0.558. The Morgan fingerprint density at radius 3 is 2.43 bits per heavy atom. The van der Waals surface area contributed by atoms with Gasteiger partial charge in [-0.25, -0.2) is 0 Å². The zero-order valence-corrected chi connectivity index (χ0v) is 16.1. The predicted molar refractivity (Wildman–Crippen MR) is 105 cm³/mol. The van der Waals surface area contributed by atoms with Crippen molar-refractivity contribution >= 4 is 22.8 Å². The van der Waals surface area contributed by atoms with Crippen molar-refractivity contribution in [2.45, 2.75) is 32.4 Å². The first kappa shape index (κ1) is 19.5. The molecule has 28 heavy (non-hydrogen) atoms. The molecule has 1 aromatic heterocycles. The van der Waals surface area contributed by atoms with Gasteiger partial charge in [-0.15, -0.1) is 0 Å². The van der Waals surface area contributed by atoms with Crippen molar-refractivity contribution in [3.8, 4) is 5.75 Å². The average molecular weight is 381 g/mol. The fraction of sp³-hybridized carbons (Fsp3) is 0.273. The molecule has 0 aliphatic rings. The molecule has 1 heterocycles. The van der Waals surface area contributed by atoms with Crippen LogP contribution >= 0.6 is 0 Å². The highest BCUT2D eigenvalue weighted by molar-refractivity contribution is 5.96. The molecule has 1 atom stereocenters. The lowest BCUT2D eigenvalue weighted by Gasteiger charge is -2.19. The lowest BCUT2D eigenvalue weighted by molar-refractivity contribution is -0.147. The van der Waals surface area contributed by atoms with E-state index in [1.54, 1.807) is 45.2 Å². The summed E-state index contributed by atoms with van der Waals surface area (Å²) in [4.78, 5) is 24.9. The highest BCUT2D eigenvalue weighted by atomic mass is 16.5. The van der Waals surface area contributed by atoms with E-state index in [1.165, 1.54) is 0 Å². The number of ether oxygens (including phenoxy) is 2. The van der Waals surface area contributed by atoms with Crippen LogP contribution < -0.4 is 10.1 Å². The normalized spacial score (nSPS) is 12.0. The van der Waals surface area contributed by atoms with Crippen molar-refractivity contribution in [1.82, 2.24) is 5.32 Å². The predicted octanol–water partition coefficient (Wildman–Crippen LogP) is 4.25. The minimum absolute atomic E-state index is 0.0104. The van der Waals surface area contributed by atoms with Crippen LogP contribution in [0.5, 0.6) is 5.75 Å². The van der Waals surface area contributed by atoms with Gasteiger partial charge in [-0.1, -0.05) is 30.3 Å². The highest BCUT2D eigenvalue weighted by Gasteiger charge is 2.22. The Kier molecular flexibility index (Phi) is 5.99. The molecule has 3 rings (SSSR count). The van der Waals surface area contributed by atoms with Crippen molar-refractivity contribution in [3.05, 3.63) is 65.9 Å². The number of methoxy groups -OCH3 is 1. The van der Waals surface area contributed by atoms with Crippen molar-refractivity contribution in [2.75, 3.05) is 7.11 Å². The third-order valence-corrected chi connectivity index (χ3v) is 4.21. The van der Waals surface area contributed by atoms with E-state index in [1.807, 2.05) is 30.3 Å². The van der Waals surface area contributed by atoms with Crippen LogP contribution in [0.4, 0.5) is 0 Å². The molecule has 0 saturated carbocycles. The first-order valence-electron chi connectivity index (χ1n) is 9.09. The zero-order chi connectivity index (χ0) is 20.1. The second kappa shape index (κ2) is 8.61. The van der Waals surface area contributed by atoms with Gasteiger partial charge in [0.2, 0.25) is 0 Å². The van der Waals surface area contributed by atoms with Crippen molar-refractivity contribution < 1.29 is 23.5 Å². The summed E-state index contributed by atoms with van der Waals surface area (Å²) in [6.45, 7) is 3.57. The van der Waals surface area contributed by atoms with Gasteiger partial charge < -0.3 is 19.2 Å². The first-order chi connectivity index (χ1) is 13.5. The third-order valence-electron chi connectivity index (χ3n) is 4.21. The number of amides is 1. The van der Waals surface area contributed by atoms with E-state index in [4.69, 9.17) is 13.9 Å². The molecule has 6 heteroatoms. The van der Waals surface area contributed by atoms with Crippen molar-refractivity contribution in [2.24, 2.45) is 0 Å². The van der Waals surface area contributed by atoms with E-state index in [0.717, 1.165) is 10.9 Å². The van der Waals surface area contributed by atoms with Gasteiger partial charge in [-0.2, -0.15) is 0 Å². The van der Waals surface area contributed by atoms with Gasteiger partial charge in [-0.05, 0) is 43.7 Å². The number of para-hydroxylation sites is 1. The highest BCUT2D eigenvalue weighted by Crippen LogP contribution is 2.23. The van der Waals surface area contributed by atoms with Crippen LogP contribution in [0, 0.1) is 0 Å². The summed E-state index contributed by atoms with van der Waals surface area (Å²) in [6, 6.07) is 15.7. The Hall–Kier alpha value is -3.28. The number of furan rings is 1. The van der Waals surface area contributed by atoms with Crippen LogP contribution in [-0.2, 0) is 9.53 Å². The van der Waals surface area contributed by atoms with Gasteiger partial charge in [0.25, 0.3) is 5.91 Å². The molecule has 0 bridgehead atoms. The quantitative estimate of drug-likeness (QED) is 0.619. The van der Waals surface area contributed by atoms with Gasteiger partial charge in [-0.3, -0.25) is 9.59 Å².